The average molecular weight is 295 g/mol. The van der Waals surface area contributed by atoms with E-state index in [-0.39, 0.29) is 12.5 Å². The first kappa shape index (κ1) is 14.6. The van der Waals surface area contributed by atoms with Crippen molar-refractivity contribution in [3.05, 3.63) is 42.0 Å². The van der Waals surface area contributed by atoms with Gasteiger partial charge < -0.3 is 14.6 Å². The van der Waals surface area contributed by atoms with Crippen LogP contribution in [0.3, 0.4) is 0 Å². The van der Waals surface area contributed by atoms with Gasteiger partial charge in [0, 0.05) is 0 Å². The summed E-state index contributed by atoms with van der Waals surface area (Å²) in [5, 5.41) is 11.3. The average Bonchev–Trinajstić information content (AvgIpc) is 2.50. The Hall–Kier alpha value is -1.78. The first-order valence-electron chi connectivity index (χ1n) is 6.13. The van der Waals surface area contributed by atoms with Crippen LogP contribution in [0.4, 0.5) is 0 Å². The Morgan fingerprint density at radius 1 is 1.30 bits per heavy atom. The molecule has 0 heterocycles. The van der Waals surface area contributed by atoms with Crippen molar-refractivity contribution in [1.82, 2.24) is 0 Å². The highest BCUT2D eigenvalue weighted by atomic mass is 35.5. The Morgan fingerprint density at radius 3 is 2.55 bits per heavy atom. The zero-order valence-corrected chi connectivity index (χ0v) is 11.8. The van der Waals surface area contributed by atoms with E-state index in [9.17, 15) is 9.90 Å². The summed E-state index contributed by atoms with van der Waals surface area (Å²) in [5.74, 6) is -0.0351. The van der Waals surface area contributed by atoms with E-state index < -0.39 is 12.1 Å². The molecule has 0 aromatic heterocycles. The third-order valence-electron chi connectivity index (χ3n) is 2.86. The lowest BCUT2D eigenvalue weighted by atomic mass is 10.1. The first-order valence-corrected chi connectivity index (χ1v) is 6.67. The van der Waals surface area contributed by atoms with E-state index in [1.54, 1.807) is 12.1 Å². The van der Waals surface area contributed by atoms with Gasteiger partial charge >= 0.3 is 5.97 Å². The van der Waals surface area contributed by atoms with Crippen molar-refractivity contribution in [2.45, 2.75) is 6.10 Å². The number of rotatable bonds is 5. The number of halogens is 1. The van der Waals surface area contributed by atoms with Crippen molar-refractivity contribution in [2.75, 3.05) is 19.6 Å². The van der Waals surface area contributed by atoms with Crippen molar-refractivity contribution in [3.63, 3.8) is 0 Å². The number of carbonyl (C=O) groups is 1. The van der Waals surface area contributed by atoms with E-state index in [2.05, 4.69) is 0 Å². The Bertz CT molecular complexity index is 612. The fraction of sp³-hybridized carbons (Fsp3) is 0.267. The molecule has 2 aromatic rings. The van der Waals surface area contributed by atoms with Crippen molar-refractivity contribution >= 4 is 28.3 Å². The molecule has 2 rings (SSSR count). The number of aliphatic hydroxyl groups excluding tert-OH is 1. The number of carbonyl (C=O) groups excluding carboxylic acids is 1. The SMILES string of the molecule is COC(=O)c1cc2ccccc2cc1OCC(O)CCl. The van der Waals surface area contributed by atoms with Crippen LogP contribution in [0.1, 0.15) is 10.4 Å². The number of methoxy groups -OCH3 is 1. The zero-order chi connectivity index (χ0) is 14.5. The summed E-state index contributed by atoms with van der Waals surface area (Å²) >= 11 is 5.52. The monoisotopic (exact) mass is 294 g/mol. The first-order chi connectivity index (χ1) is 9.65. The van der Waals surface area contributed by atoms with Crippen LogP contribution < -0.4 is 4.74 Å². The summed E-state index contributed by atoms with van der Waals surface area (Å²) in [6.45, 7) is 0.0197. The molecule has 20 heavy (non-hydrogen) atoms. The van der Waals surface area contributed by atoms with E-state index in [1.807, 2.05) is 24.3 Å². The van der Waals surface area contributed by atoms with E-state index >= 15 is 0 Å². The normalized spacial score (nSPS) is 12.2. The maximum Gasteiger partial charge on any atom is 0.341 e. The van der Waals surface area contributed by atoms with Gasteiger partial charge in [-0.15, -0.1) is 11.6 Å². The second-order valence-electron chi connectivity index (χ2n) is 4.31. The lowest BCUT2D eigenvalue weighted by molar-refractivity contribution is 0.0591. The maximum atomic E-state index is 11.8. The fourth-order valence-electron chi connectivity index (χ4n) is 1.84. The zero-order valence-electron chi connectivity index (χ0n) is 11.0. The molecule has 0 aliphatic carbocycles. The summed E-state index contributed by atoms with van der Waals surface area (Å²) in [6.07, 6.45) is -0.784. The van der Waals surface area contributed by atoms with Gasteiger partial charge in [0.05, 0.1) is 13.0 Å². The minimum atomic E-state index is -0.784. The number of hydrogen-bond donors (Lipinski definition) is 1. The Morgan fingerprint density at radius 2 is 1.95 bits per heavy atom. The topological polar surface area (TPSA) is 55.8 Å². The van der Waals surface area contributed by atoms with Gasteiger partial charge in [-0.25, -0.2) is 4.79 Å². The predicted octanol–water partition coefficient (Wildman–Crippen LogP) is 2.60. The lowest BCUT2D eigenvalue weighted by Gasteiger charge is -2.13. The van der Waals surface area contributed by atoms with Gasteiger partial charge in [-0.05, 0) is 22.9 Å². The van der Waals surface area contributed by atoms with E-state index in [0.717, 1.165) is 10.8 Å². The van der Waals surface area contributed by atoms with E-state index in [0.29, 0.717) is 11.3 Å². The van der Waals surface area contributed by atoms with Gasteiger partial charge in [0.2, 0.25) is 0 Å². The molecule has 0 aliphatic heterocycles. The lowest BCUT2D eigenvalue weighted by Crippen LogP contribution is -2.20. The molecule has 4 nitrogen and oxygen atoms in total. The molecule has 1 unspecified atom stereocenters. The van der Waals surface area contributed by atoms with E-state index in [4.69, 9.17) is 21.1 Å². The second kappa shape index (κ2) is 6.59. The van der Waals surface area contributed by atoms with Crippen molar-refractivity contribution in [3.8, 4) is 5.75 Å². The van der Waals surface area contributed by atoms with Crippen molar-refractivity contribution in [2.24, 2.45) is 0 Å². The molecule has 0 bridgehead atoms. The number of ether oxygens (including phenoxy) is 2. The van der Waals surface area contributed by atoms with Crippen molar-refractivity contribution < 1.29 is 19.4 Å². The number of benzene rings is 2. The van der Waals surface area contributed by atoms with Gasteiger partial charge in [0.15, 0.2) is 0 Å². The standard InChI is InChI=1S/C15H15ClO4/c1-19-15(18)13-6-10-4-2-3-5-11(10)7-14(13)20-9-12(17)8-16/h2-7,12,17H,8-9H2,1H3. The second-order valence-corrected chi connectivity index (χ2v) is 4.61. The molecular formula is C15H15ClO4. The minimum absolute atomic E-state index is 0.0197. The minimum Gasteiger partial charge on any atom is -0.490 e. The summed E-state index contributed by atoms with van der Waals surface area (Å²) in [7, 11) is 1.31. The summed E-state index contributed by atoms with van der Waals surface area (Å²) < 4.78 is 10.2. The van der Waals surface area contributed by atoms with Crippen LogP contribution in [-0.4, -0.2) is 36.8 Å². The Labute approximate surface area is 121 Å². The number of hydrogen-bond acceptors (Lipinski definition) is 4. The van der Waals surface area contributed by atoms with Crippen LogP contribution in [0.2, 0.25) is 0 Å². The van der Waals surface area contributed by atoms with E-state index in [1.165, 1.54) is 7.11 Å². The third kappa shape index (κ3) is 3.21. The number of fused-ring (bicyclic) bond motifs is 1. The molecule has 106 valence electrons. The highest BCUT2D eigenvalue weighted by molar-refractivity contribution is 6.18. The van der Waals surface area contributed by atoms with Crippen LogP contribution in [0.5, 0.6) is 5.75 Å². The van der Waals surface area contributed by atoms with Crippen LogP contribution in [0, 0.1) is 0 Å². The highest BCUT2D eigenvalue weighted by Crippen LogP contribution is 2.27. The molecular weight excluding hydrogens is 280 g/mol. The summed E-state index contributed by atoms with van der Waals surface area (Å²) in [4.78, 5) is 11.8. The molecule has 5 heteroatoms. The van der Waals surface area contributed by atoms with Crippen LogP contribution >= 0.6 is 11.6 Å². The number of alkyl halides is 1. The molecule has 1 N–H and O–H groups in total. The molecule has 0 spiro atoms. The summed E-state index contributed by atoms with van der Waals surface area (Å²) in [6, 6.07) is 11.1. The van der Waals surface area contributed by atoms with Gasteiger partial charge in [-0.1, -0.05) is 24.3 Å². The van der Waals surface area contributed by atoms with Crippen LogP contribution in [0.15, 0.2) is 36.4 Å². The molecule has 0 amide bonds. The largest absolute Gasteiger partial charge is 0.490 e. The predicted molar refractivity (Wildman–Crippen MR) is 77.5 cm³/mol. The quantitative estimate of drug-likeness (QED) is 0.680. The maximum absolute atomic E-state index is 11.8. The van der Waals surface area contributed by atoms with Gasteiger partial charge in [-0.2, -0.15) is 0 Å². The smallest absolute Gasteiger partial charge is 0.341 e. The molecule has 0 aliphatic rings. The van der Waals surface area contributed by atoms with Crippen LogP contribution in [0.25, 0.3) is 10.8 Å². The Kier molecular flexibility index (Phi) is 4.82. The molecule has 0 saturated heterocycles. The molecule has 1 atom stereocenters. The number of esters is 1. The molecule has 0 radical (unpaired) electrons. The third-order valence-corrected chi connectivity index (χ3v) is 3.22. The summed E-state index contributed by atoms with van der Waals surface area (Å²) in [5.41, 5.74) is 0.327. The van der Waals surface area contributed by atoms with Gasteiger partial charge in [-0.3, -0.25) is 0 Å². The van der Waals surface area contributed by atoms with Crippen LogP contribution in [-0.2, 0) is 4.74 Å². The number of aliphatic hydroxyl groups is 1. The molecule has 0 saturated carbocycles. The van der Waals surface area contributed by atoms with Gasteiger partial charge in [0.1, 0.15) is 24.0 Å². The fourth-order valence-corrected chi connectivity index (χ4v) is 1.93. The van der Waals surface area contributed by atoms with Crippen molar-refractivity contribution in [1.29, 1.82) is 0 Å². The van der Waals surface area contributed by atoms with Gasteiger partial charge in [0.25, 0.3) is 0 Å². The molecule has 0 fully saturated rings. The Balaban J connectivity index is 2.40. The molecule has 2 aromatic carbocycles. The highest BCUT2D eigenvalue weighted by Gasteiger charge is 2.15.